The molecule has 0 spiro atoms. The third-order valence-electron chi connectivity index (χ3n) is 1.59. The molecule has 62 valence electrons. The second-order valence-corrected chi connectivity index (χ2v) is 9.46. The van der Waals surface area contributed by atoms with Gasteiger partial charge >= 0.3 is 0 Å². The molecule has 0 aromatic carbocycles. The first-order valence-electron chi connectivity index (χ1n) is 4.22. The van der Waals surface area contributed by atoms with E-state index in [1.807, 2.05) is 0 Å². The summed E-state index contributed by atoms with van der Waals surface area (Å²) in [5.74, 6) is 0. The maximum absolute atomic E-state index is 2.52. The van der Waals surface area contributed by atoms with Crippen molar-refractivity contribution in [3.8, 4) is 0 Å². The van der Waals surface area contributed by atoms with Gasteiger partial charge in [0.2, 0.25) is 0 Å². The Labute approximate surface area is 66.4 Å². The maximum Gasteiger partial charge on any atom is 0.0599 e. The van der Waals surface area contributed by atoms with Crippen molar-refractivity contribution in [1.82, 2.24) is 4.90 Å². The van der Waals surface area contributed by atoms with Gasteiger partial charge in [-0.05, 0) is 19.3 Å². The van der Waals surface area contributed by atoms with E-state index in [0.717, 1.165) is 0 Å². The smallest absolute Gasteiger partial charge is 0.0599 e. The predicted octanol–water partition coefficient (Wildman–Crippen LogP) is 2.21. The lowest BCUT2D eigenvalue weighted by atomic mass is 10.6. The van der Waals surface area contributed by atoms with E-state index in [2.05, 4.69) is 38.4 Å². The summed E-state index contributed by atoms with van der Waals surface area (Å²) in [6, 6.07) is 0. The van der Waals surface area contributed by atoms with Gasteiger partial charge in [0.1, 0.15) is 0 Å². The molecule has 0 rings (SSSR count). The molecule has 0 aliphatic heterocycles. The summed E-state index contributed by atoms with van der Waals surface area (Å²) in [6.07, 6.45) is 1.35. The van der Waals surface area contributed by atoms with E-state index in [9.17, 15) is 0 Å². The number of rotatable bonds is 4. The van der Waals surface area contributed by atoms with Crippen molar-refractivity contribution in [3.63, 3.8) is 0 Å². The lowest BCUT2D eigenvalue weighted by Gasteiger charge is -2.26. The van der Waals surface area contributed by atoms with Gasteiger partial charge in [-0.25, -0.2) is 0 Å². The van der Waals surface area contributed by atoms with Gasteiger partial charge in [-0.15, -0.1) is 0 Å². The van der Waals surface area contributed by atoms with E-state index < -0.39 is 8.07 Å². The summed E-state index contributed by atoms with van der Waals surface area (Å²) in [5, 5.41) is 0. The first-order valence-corrected chi connectivity index (χ1v) is 7.92. The minimum absolute atomic E-state index is 0.836. The van der Waals surface area contributed by atoms with Crippen LogP contribution in [0.1, 0.15) is 13.8 Å². The molecule has 2 heteroatoms. The third-order valence-corrected chi connectivity index (χ3v) is 2.99. The normalized spacial score (nSPS) is 12.6. The Kier molecular flexibility index (Phi) is 4.21. The molecule has 0 bridgehead atoms. The fourth-order valence-electron chi connectivity index (χ4n) is 1.12. The first kappa shape index (κ1) is 10.2. The number of hydrogen-bond acceptors (Lipinski definition) is 1. The van der Waals surface area contributed by atoms with Gasteiger partial charge in [0.15, 0.2) is 0 Å². The molecular formula is C8H21NSi. The standard InChI is InChI=1S/C8H21NSi/c1-6-9(7-2)8-10(3,4)5/h6-8H2,1-5H3. The summed E-state index contributed by atoms with van der Waals surface area (Å²) >= 11 is 0. The monoisotopic (exact) mass is 159 g/mol. The highest BCUT2D eigenvalue weighted by molar-refractivity contribution is 6.76. The zero-order valence-corrected chi connectivity index (χ0v) is 9.07. The zero-order valence-electron chi connectivity index (χ0n) is 8.07. The Bertz CT molecular complexity index is 81.7. The first-order chi connectivity index (χ1) is 4.49. The summed E-state index contributed by atoms with van der Waals surface area (Å²) < 4.78 is 0. The Balaban J connectivity index is 3.63. The summed E-state index contributed by atoms with van der Waals surface area (Å²) in [7, 11) is -0.836. The summed E-state index contributed by atoms with van der Waals surface area (Å²) in [6.45, 7) is 14.2. The molecule has 0 unspecified atom stereocenters. The largest absolute Gasteiger partial charge is 0.307 e. The molecule has 0 amide bonds. The second-order valence-electron chi connectivity index (χ2n) is 4.02. The molecule has 0 saturated carbocycles. The fourth-order valence-corrected chi connectivity index (χ4v) is 2.91. The average Bonchev–Trinajstić information content (AvgIpc) is 1.81. The van der Waals surface area contributed by atoms with Crippen molar-refractivity contribution in [2.45, 2.75) is 33.5 Å². The molecular weight excluding hydrogens is 138 g/mol. The van der Waals surface area contributed by atoms with Crippen LogP contribution in [-0.2, 0) is 0 Å². The predicted molar refractivity (Wildman–Crippen MR) is 51.1 cm³/mol. The van der Waals surface area contributed by atoms with Crippen molar-refractivity contribution < 1.29 is 0 Å². The van der Waals surface area contributed by atoms with Crippen LogP contribution in [0.25, 0.3) is 0 Å². The van der Waals surface area contributed by atoms with E-state index >= 15 is 0 Å². The quantitative estimate of drug-likeness (QED) is 0.569. The highest BCUT2D eigenvalue weighted by atomic mass is 28.3. The maximum atomic E-state index is 2.52. The molecule has 0 aromatic heterocycles. The van der Waals surface area contributed by atoms with Gasteiger partial charge in [0.05, 0.1) is 8.07 Å². The second kappa shape index (κ2) is 4.14. The highest BCUT2D eigenvalue weighted by Gasteiger charge is 2.15. The molecule has 0 aromatic rings. The van der Waals surface area contributed by atoms with Gasteiger partial charge < -0.3 is 4.90 Å². The Hall–Kier alpha value is 0.177. The van der Waals surface area contributed by atoms with Crippen molar-refractivity contribution in [1.29, 1.82) is 0 Å². The number of nitrogens with zero attached hydrogens (tertiary/aromatic N) is 1. The fraction of sp³-hybridized carbons (Fsp3) is 1.00. The molecule has 0 fully saturated rings. The van der Waals surface area contributed by atoms with Gasteiger partial charge in [-0.3, -0.25) is 0 Å². The summed E-state index contributed by atoms with van der Waals surface area (Å²) in [5.41, 5.74) is 0. The van der Waals surface area contributed by atoms with Crippen LogP contribution in [0, 0.1) is 0 Å². The van der Waals surface area contributed by atoms with Gasteiger partial charge in [-0.1, -0.05) is 33.5 Å². The van der Waals surface area contributed by atoms with Crippen molar-refractivity contribution >= 4 is 8.07 Å². The average molecular weight is 159 g/mol. The molecule has 10 heavy (non-hydrogen) atoms. The van der Waals surface area contributed by atoms with E-state index in [1.165, 1.54) is 19.3 Å². The molecule has 0 saturated heterocycles. The highest BCUT2D eigenvalue weighted by Crippen LogP contribution is 2.02. The van der Waals surface area contributed by atoms with Crippen LogP contribution in [0.5, 0.6) is 0 Å². The van der Waals surface area contributed by atoms with Crippen molar-refractivity contribution in [2.75, 3.05) is 19.3 Å². The topological polar surface area (TPSA) is 3.24 Å². The zero-order chi connectivity index (χ0) is 8.20. The van der Waals surface area contributed by atoms with Crippen LogP contribution in [0.3, 0.4) is 0 Å². The van der Waals surface area contributed by atoms with Gasteiger partial charge in [0, 0.05) is 0 Å². The number of hydrogen-bond donors (Lipinski definition) is 0. The van der Waals surface area contributed by atoms with Crippen LogP contribution in [-0.4, -0.2) is 32.2 Å². The Morgan fingerprint density at radius 1 is 1.00 bits per heavy atom. The van der Waals surface area contributed by atoms with Crippen LogP contribution >= 0.6 is 0 Å². The van der Waals surface area contributed by atoms with E-state index in [1.54, 1.807) is 0 Å². The SMILES string of the molecule is CCN(CC)C[Si](C)(C)C. The molecule has 0 radical (unpaired) electrons. The molecule has 0 heterocycles. The Morgan fingerprint density at radius 3 is 1.50 bits per heavy atom. The van der Waals surface area contributed by atoms with Crippen molar-refractivity contribution in [3.05, 3.63) is 0 Å². The lowest BCUT2D eigenvalue weighted by molar-refractivity contribution is 0.348. The third kappa shape index (κ3) is 5.00. The van der Waals surface area contributed by atoms with E-state index in [0.29, 0.717) is 0 Å². The van der Waals surface area contributed by atoms with Gasteiger partial charge in [0.25, 0.3) is 0 Å². The van der Waals surface area contributed by atoms with Crippen molar-refractivity contribution in [2.24, 2.45) is 0 Å². The molecule has 0 atom stereocenters. The molecule has 0 aliphatic carbocycles. The van der Waals surface area contributed by atoms with Crippen LogP contribution in [0.2, 0.25) is 19.6 Å². The van der Waals surface area contributed by atoms with E-state index in [4.69, 9.17) is 0 Å². The molecule has 0 N–H and O–H groups in total. The molecule has 1 nitrogen and oxygen atoms in total. The van der Waals surface area contributed by atoms with Crippen LogP contribution in [0.15, 0.2) is 0 Å². The van der Waals surface area contributed by atoms with Gasteiger partial charge in [-0.2, -0.15) is 0 Å². The van der Waals surface area contributed by atoms with E-state index in [-0.39, 0.29) is 0 Å². The lowest BCUT2D eigenvalue weighted by Crippen LogP contribution is -2.39. The summed E-state index contributed by atoms with van der Waals surface area (Å²) in [4.78, 5) is 2.52. The minimum Gasteiger partial charge on any atom is -0.307 e. The van der Waals surface area contributed by atoms with Crippen LogP contribution < -0.4 is 0 Å². The minimum atomic E-state index is -0.836. The Morgan fingerprint density at radius 2 is 1.40 bits per heavy atom. The molecule has 0 aliphatic rings. The van der Waals surface area contributed by atoms with Crippen LogP contribution in [0.4, 0.5) is 0 Å².